The molecular formula is C13H14BrN3O2. The molecule has 5 nitrogen and oxygen atoms in total. The fraction of sp³-hybridized carbons (Fsp3) is 0.231. The van der Waals surface area contributed by atoms with E-state index in [1.165, 1.54) is 0 Å². The maximum absolute atomic E-state index is 10.9. The quantitative estimate of drug-likeness (QED) is 0.887. The van der Waals surface area contributed by atoms with E-state index in [1.54, 1.807) is 24.4 Å². The number of hydrogen-bond acceptors (Lipinski definition) is 3. The number of carboxylic acids is 1. The third kappa shape index (κ3) is 3.35. The van der Waals surface area contributed by atoms with Crippen molar-refractivity contribution in [1.82, 2.24) is 9.78 Å². The second-order valence-corrected chi connectivity index (χ2v) is 4.98. The van der Waals surface area contributed by atoms with Gasteiger partial charge in [-0.3, -0.25) is 4.68 Å². The van der Waals surface area contributed by atoms with Crippen molar-refractivity contribution in [2.75, 3.05) is 11.9 Å². The van der Waals surface area contributed by atoms with Gasteiger partial charge in [-0.25, -0.2) is 4.79 Å². The molecule has 2 N–H and O–H groups in total. The Bertz CT molecular complexity index is 595. The molecule has 100 valence electrons. The fourth-order valence-electron chi connectivity index (χ4n) is 1.78. The Kier molecular flexibility index (Phi) is 4.21. The van der Waals surface area contributed by atoms with Gasteiger partial charge in [0.05, 0.1) is 5.56 Å². The van der Waals surface area contributed by atoms with Gasteiger partial charge >= 0.3 is 5.97 Å². The first kappa shape index (κ1) is 13.6. The van der Waals surface area contributed by atoms with E-state index in [0.717, 1.165) is 24.3 Å². The van der Waals surface area contributed by atoms with E-state index in [4.69, 9.17) is 5.11 Å². The minimum Gasteiger partial charge on any atom is -0.478 e. The van der Waals surface area contributed by atoms with Crippen LogP contribution in [0.5, 0.6) is 0 Å². The Morgan fingerprint density at radius 3 is 2.84 bits per heavy atom. The molecule has 0 radical (unpaired) electrons. The zero-order valence-electron chi connectivity index (χ0n) is 10.4. The second-order valence-electron chi connectivity index (χ2n) is 4.12. The third-order valence-corrected chi connectivity index (χ3v) is 3.49. The van der Waals surface area contributed by atoms with E-state index in [1.807, 2.05) is 17.8 Å². The highest BCUT2D eigenvalue weighted by molar-refractivity contribution is 9.10. The van der Waals surface area contributed by atoms with Crippen molar-refractivity contribution >= 4 is 27.6 Å². The molecule has 0 unspecified atom stereocenters. The van der Waals surface area contributed by atoms with E-state index in [0.29, 0.717) is 4.47 Å². The molecule has 0 saturated carbocycles. The normalized spacial score (nSPS) is 10.4. The summed E-state index contributed by atoms with van der Waals surface area (Å²) in [5, 5.41) is 16.3. The molecule has 0 bridgehead atoms. The monoisotopic (exact) mass is 323 g/mol. The van der Waals surface area contributed by atoms with Crippen LogP contribution in [0.4, 0.5) is 5.69 Å². The maximum atomic E-state index is 10.9. The number of aromatic nitrogens is 2. The molecule has 0 atom stereocenters. The molecule has 0 amide bonds. The largest absolute Gasteiger partial charge is 0.478 e. The number of carbonyl (C=O) groups is 1. The number of benzene rings is 1. The Morgan fingerprint density at radius 2 is 2.26 bits per heavy atom. The summed E-state index contributed by atoms with van der Waals surface area (Å²) in [6.07, 6.45) is 2.63. The summed E-state index contributed by atoms with van der Waals surface area (Å²) < 4.78 is 2.41. The Balaban J connectivity index is 1.95. The van der Waals surface area contributed by atoms with E-state index in [2.05, 4.69) is 26.3 Å². The van der Waals surface area contributed by atoms with E-state index >= 15 is 0 Å². The van der Waals surface area contributed by atoms with Crippen LogP contribution < -0.4 is 5.32 Å². The lowest BCUT2D eigenvalue weighted by Crippen LogP contribution is -2.08. The van der Waals surface area contributed by atoms with Crippen molar-refractivity contribution in [1.29, 1.82) is 0 Å². The van der Waals surface area contributed by atoms with Crippen molar-refractivity contribution in [3.63, 3.8) is 0 Å². The smallest absolute Gasteiger partial charge is 0.336 e. The first-order valence-corrected chi connectivity index (χ1v) is 6.61. The van der Waals surface area contributed by atoms with Crippen molar-refractivity contribution in [3.05, 3.63) is 46.2 Å². The molecule has 0 spiro atoms. The molecule has 0 fully saturated rings. The molecular weight excluding hydrogens is 310 g/mol. The van der Waals surface area contributed by atoms with Crippen molar-refractivity contribution < 1.29 is 9.90 Å². The van der Waals surface area contributed by atoms with Gasteiger partial charge in [0.2, 0.25) is 0 Å². The first-order valence-electron chi connectivity index (χ1n) is 5.81. The molecule has 2 aromatic rings. The van der Waals surface area contributed by atoms with E-state index in [9.17, 15) is 4.79 Å². The van der Waals surface area contributed by atoms with Crippen LogP contribution in [0.2, 0.25) is 0 Å². The summed E-state index contributed by atoms with van der Waals surface area (Å²) in [4.78, 5) is 10.9. The first-order chi connectivity index (χ1) is 9.08. The predicted molar refractivity (Wildman–Crippen MR) is 76.5 cm³/mol. The zero-order valence-corrected chi connectivity index (χ0v) is 12.0. The highest BCUT2D eigenvalue weighted by Gasteiger charge is 2.08. The van der Waals surface area contributed by atoms with E-state index in [-0.39, 0.29) is 5.56 Å². The number of anilines is 1. The number of hydrogen-bond donors (Lipinski definition) is 2. The van der Waals surface area contributed by atoms with Gasteiger partial charge in [-0.2, -0.15) is 5.10 Å². The molecule has 6 heteroatoms. The lowest BCUT2D eigenvalue weighted by molar-refractivity contribution is 0.0696. The van der Waals surface area contributed by atoms with Gasteiger partial charge in [-0.1, -0.05) is 0 Å². The van der Waals surface area contributed by atoms with Crippen LogP contribution >= 0.6 is 15.9 Å². The maximum Gasteiger partial charge on any atom is 0.336 e. The van der Waals surface area contributed by atoms with Crippen LogP contribution in [0.25, 0.3) is 0 Å². The van der Waals surface area contributed by atoms with Crippen LogP contribution in [0.1, 0.15) is 16.1 Å². The number of aryl methyl sites for hydroxylation is 1. The SMILES string of the molecule is Cn1nccc1CCNc1ccc(C(=O)O)c(Br)c1. The second kappa shape index (κ2) is 5.88. The van der Waals surface area contributed by atoms with Crippen molar-refractivity contribution in [2.45, 2.75) is 6.42 Å². The Morgan fingerprint density at radius 1 is 1.47 bits per heavy atom. The number of nitrogens with one attached hydrogen (secondary N) is 1. The zero-order chi connectivity index (χ0) is 13.8. The molecule has 0 aliphatic carbocycles. The molecule has 1 aromatic heterocycles. The summed E-state index contributed by atoms with van der Waals surface area (Å²) >= 11 is 3.26. The lowest BCUT2D eigenvalue weighted by atomic mass is 10.2. The molecule has 0 saturated heterocycles. The van der Waals surface area contributed by atoms with Gasteiger partial charge in [0.15, 0.2) is 0 Å². The van der Waals surface area contributed by atoms with Gasteiger partial charge in [0, 0.05) is 42.1 Å². The minimum absolute atomic E-state index is 0.261. The average Bonchev–Trinajstić information content (AvgIpc) is 2.75. The molecule has 19 heavy (non-hydrogen) atoms. The van der Waals surface area contributed by atoms with Crippen molar-refractivity contribution in [2.24, 2.45) is 7.05 Å². The predicted octanol–water partition coefficient (Wildman–Crippen LogP) is 2.54. The number of aromatic carboxylic acids is 1. The van der Waals surface area contributed by atoms with E-state index < -0.39 is 5.97 Å². The highest BCUT2D eigenvalue weighted by Crippen LogP contribution is 2.21. The number of rotatable bonds is 5. The van der Waals surface area contributed by atoms with Crippen LogP contribution in [-0.2, 0) is 13.5 Å². The Labute approximate surface area is 119 Å². The topological polar surface area (TPSA) is 67.2 Å². The van der Waals surface area contributed by atoms with Gasteiger partial charge < -0.3 is 10.4 Å². The average molecular weight is 324 g/mol. The van der Waals surface area contributed by atoms with Crippen LogP contribution in [-0.4, -0.2) is 27.4 Å². The van der Waals surface area contributed by atoms with Gasteiger partial charge in [0.25, 0.3) is 0 Å². The van der Waals surface area contributed by atoms with Gasteiger partial charge in [-0.15, -0.1) is 0 Å². The number of nitrogens with zero attached hydrogens (tertiary/aromatic N) is 2. The molecule has 0 aliphatic heterocycles. The minimum atomic E-state index is -0.937. The summed E-state index contributed by atoms with van der Waals surface area (Å²) in [5.74, 6) is -0.937. The Hall–Kier alpha value is -1.82. The van der Waals surface area contributed by atoms with Gasteiger partial charge in [-0.05, 0) is 40.2 Å². The number of carboxylic acid groups (broad SMARTS) is 1. The molecule has 1 heterocycles. The summed E-state index contributed by atoms with van der Waals surface area (Å²) in [6.45, 7) is 0.762. The molecule has 1 aromatic carbocycles. The fourth-order valence-corrected chi connectivity index (χ4v) is 2.33. The van der Waals surface area contributed by atoms with Gasteiger partial charge in [0.1, 0.15) is 0 Å². The summed E-state index contributed by atoms with van der Waals surface area (Å²) in [7, 11) is 1.91. The van der Waals surface area contributed by atoms with Crippen molar-refractivity contribution in [3.8, 4) is 0 Å². The van der Waals surface area contributed by atoms with Crippen LogP contribution in [0.15, 0.2) is 34.9 Å². The van der Waals surface area contributed by atoms with Crippen LogP contribution in [0, 0.1) is 0 Å². The molecule has 0 aliphatic rings. The lowest BCUT2D eigenvalue weighted by Gasteiger charge is -2.08. The molecule has 2 rings (SSSR count). The highest BCUT2D eigenvalue weighted by atomic mass is 79.9. The summed E-state index contributed by atoms with van der Waals surface area (Å²) in [6, 6.07) is 7.09. The standard InChI is InChI=1S/C13H14BrN3O2/c1-17-10(5-7-16-17)4-6-15-9-2-3-11(13(18)19)12(14)8-9/h2-3,5,7-8,15H,4,6H2,1H3,(H,18,19). The number of halogens is 1. The third-order valence-electron chi connectivity index (χ3n) is 2.83. The summed E-state index contributed by atoms with van der Waals surface area (Å²) in [5.41, 5.74) is 2.30. The van der Waals surface area contributed by atoms with Crippen LogP contribution in [0.3, 0.4) is 0 Å².